The van der Waals surface area contributed by atoms with Crippen LogP contribution in [0.25, 0.3) is 38.9 Å². The van der Waals surface area contributed by atoms with Gasteiger partial charge >= 0.3 is 0 Å². The van der Waals surface area contributed by atoms with Crippen molar-refractivity contribution in [2.45, 2.75) is 13.3 Å². The van der Waals surface area contributed by atoms with Crippen LogP contribution >= 0.6 is 0 Å². The van der Waals surface area contributed by atoms with E-state index in [1.165, 1.54) is 38.5 Å². The number of hydrogen-bond donors (Lipinski definition) is 0. The highest BCUT2D eigenvalue weighted by Gasteiger charge is 2.26. The van der Waals surface area contributed by atoms with E-state index in [1.807, 2.05) is 0 Å². The Morgan fingerprint density at radius 2 is 0.957 bits per heavy atom. The molecule has 0 saturated heterocycles. The summed E-state index contributed by atoms with van der Waals surface area (Å²) in [6.07, 6.45) is 7.72. The minimum Gasteiger partial charge on any atom is -0.314 e. The number of nitrogens with zero attached hydrogens (tertiary/aromatic N) is 3. The van der Waals surface area contributed by atoms with E-state index in [0.717, 1.165) is 34.9 Å². The number of fused-ring (bicyclic) bond motifs is 2. The first kappa shape index (κ1) is 28.4. The molecule has 0 unspecified atom stereocenters. The largest absolute Gasteiger partial charge is 0.314 e. The van der Waals surface area contributed by atoms with E-state index >= 15 is 0 Å². The quantitative estimate of drug-likeness (QED) is 0.168. The van der Waals surface area contributed by atoms with Crippen LogP contribution in [0.15, 0.2) is 182 Å². The molecule has 0 fully saturated rings. The third-order valence-electron chi connectivity index (χ3n) is 8.98. The number of para-hydroxylation sites is 4. The van der Waals surface area contributed by atoms with E-state index < -0.39 is 0 Å². The predicted molar refractivity (Wildman–Crippen MR) is 198 cm³/mol. The van der Waals surface area contributed by atoms with Crippen LogP contribution in [0.5, 0.6) is 0 Å². The second-order valence-corrected chi connectivity index (χ2v) is 11.8. The topological polar surface area (TPSA) is 13.1 Å². The van der Waals surface area contributed by atoms with E-state index in [4.69, 9.17) is 0 Å². The Bertz CT molecular complexity index is 2210. The van der Waals surface area contributed by atoms with Crippen molar-refractivity contribution in [1.82, 2.24) is 9.13 Å². The highest BCUT2D eigenvalue weighted by atomic mass is 15.2. The monoisotopic (exact) mass is 605 g/mol. The fraction of sp³-hybridized carbons (Fsp3) is 0.0455. The lowest BCUT2D eigenvalue weighted by molar-refractivity contribution is 1.11. The van der Waals surface area contributed by atoms with Crippen LogP contribution in [0, 0.1) is 0 Å². The minimum atomic E-state index is 0.847. The molecule has 0 radical (unpaired) electrons. The molecule has 0 atom stereocenters. The van der Waals surface area contributed by atoms with Crippen molar-refractivity contribution in [3.05, 3.63) is 199 Å². The Morgan fingerprint density at radius 1 is 0.511 bits per heavy atom. The van der Waals surface area contributed by atoms with Gasteiger partial charge in [0.2, 0.25) is 0 Å². The molecule has 0 bridgehead atoms. The highest BCUT2D eigenvalue weighted by Crippen LogP contribution is 2.45. The predicted octanol–water partition coefficient (Wildman–Crippen LogP) is 11.4. The lowest BCUT2D eigenvalue weighted by atomic mass is 9.96. The van der Waals surface area contributed by atoms with Gasteiger partial charge in [-0.15, -0.1) is 0 Å². The molecule has 8 rings (SSSR count). The van der Waals surface area contributed by atoms with Crippen molar-refractivity contribution in [3.63, 3.8) is 0 Å². The van der Waals surface area contributed by atoms with Gasteiger partial charge in [0.25, 0.3) is 0 Å². The number of anilines is 2. The number of allylic oxidation sites excluding steroid dienone is 1. The van der Waals surface area contributed by atoms with Gasteiger partial charge in [-0.1, -0.05) is 133 Å². The van der Waals surface area contributed by atoms with Crippen molar-refractivity contribution >= 4 is 38.9 Å². The smallest absolute Gasteiger partial charge is 0.0722 e. The minimum absolute atomic E-state index is 0.847. The fourth-order valence-corrected chi connectivity index (χ4v) is 6.82. The van der Waals surface area contributed by atoms with Crippen molar-refractivity contribution < 1.29 is 0 Å². The maximum Gasteiger partial charge on any atom is 0.0722 e. The molecule has 0 N–H and O–H groups in total. The average Bonchev–Trinajstić information content (AvgIpc) is 3.72. The molecule has 226 valence electrons. The number of hydrogen-bond acceptors (Lipinski definition) is 1. The fourth-order valence-electron chi connectivity index (χ4n) is 6.82. The molecule has 2 aromatic heterocycles. The van der Waals surface area contributed by atoms with Crippen molar-refractivity contribution in [1.29, 1.82) is 0 Å². The van der Waals surface area contributed by atoms with Gasteiger partial charge in [-0.25, -0.2) is 0 Å². The zero-order valence-corrected chi connectivity index (χ0v) is 26.4. The molecule has 2 heterocycles. The third kappa shape index (κ3) is 5.22. The first-order valence-electron chi connectivity index (χ1n) is 16.2. The molecule has 3 nitrogen and oxygen atoms in total. The summed E-state index contributed by atoms with van der Waals surface area (Å²) in [6.45, 7) is 2.16. The normalized spacial score (nSPS) is 11.7. The lowest BCUT2D eigenvalue weighted by Gasteiger charge is -2.28. The zero-order chi connectivity index (χ0) is 31.6. The van der Waals surface area contributed by atoms with E-state index in [9.17, 15) is 0 Å². The summed E-state index contributed by atoms with van der Waals surface area (Å²) >= 11 is 0. The Balaban J connectivity index is 1.41. The van der Waals surface area contributed by atoms with Gasteiger partial charge in [0.1, 0.15) is 0 Å². The van der Waals surface area contributed by atoms with Crippen LogP contribution in [-0.4, -0.2) is 9.13 Å². The van der Waals surface area contributed by atoms with Gasteiger partial charge in [-0.3, -0.25) is 0 Å². The van der Waals surface area contributed by atoms with Gasteiger partial charge in [-0.2, -0.15) is 0 Å². The molecule has 3 heteroatoms. The number of benzene rings is 6. The first-order valence-corrected chi connectivity index (χ1v) is 16.2. The summed E-state index contributed by atoms with van der Waals surface area (Å²) in [6, 6.07) is 58.3. The molecular formula is C44H35N3. The van der Waals surface area contributed by atoms with Crippen LogP contribution in [0.3, 0.4) is 0 Å². The summed E-state index contributed by atoms with van der Waals surface area (Å²) in [7, 11) is 0. The summed E-state index contributed by atoms with van der Waals surface area (Å²) in [5, 5.41) is 2.38. The second-order valence-electron chi connectivity index (χ2n) is 11.8. The van der Waals surface area contributed by atoms with Gasteiger partial charge in [-0.05, 0) is 60.9 Å². The molecule has 0 spiro atoms. The van der Waals surface area contributed by atoms with E-state index in [0.29, 0.717) is 0 Å². The SMILES string of the molecule is C/C=C(\c1ccccc1Cc1ccccc1)N(c1cn(-c2ccccc2)c2ccccc12)c1cn(-c2ccccc2)c2ccccc12. The molecule has 6 aromatic carbocycles. The number of aromatic nitrogens is 2. The Hall–Kier alpha value is -6.06. The Kier molecular flexibility index (Phi) is 7.49. The molecule has 0 aliphatic heterocycles. The summed E-state index contributed by atoms with van der Waals surface area (Å²) in [5.41, 5.74) is 11.8. The van der Waals surface area contributed by atoms with Crippen molar-refractivity contribution in [2.24, 2.45) is 0 Å². The molecule has 0 aliphatic rings. The van der Waals surface area contributed by atoms with Gasteiger partial charge in [0.15, 0.2) is 0 Å². The second kappa shape index (κ2) is 12.4. The van der Waals surface area contributed by atoms with Crippen LogP contribution < -0.4 is 4.90 Å². The third-order valence-corrected chi connectivity index (χ3v) is 8.98. The van der Waals surface area contributed by atoms with Crippen molar-refractivity contribution in [2.75, 3.05) is 4.90 Å². The average molecular weight is 606 g/mol. The molecular weight excluding hydrogens is 571 g/mol. The van der Waals surface area contributed by atoms with Gasteiger partial charge in [0.05, 0.1) is 22.4 Å². The Morgan fingerprint density at radius 3 is 1.49 bits per heavy atom. The number of rotatable bonds is 8. The van der Waals surface area contributed by atoms with E-state index in [1.54, 1.807) is 0 Å². The highest BCUT2D eigenvalue weighted by molar-refractivity contribution is 6.08. The van der Waals surface area contributed by atoms with Crippen molar-refractivity contribution in [3.8, 4) is 11.4 Å². The molecule has 0 amide bonds. The van der Waals surface area contributed by atoms with Crippen LogP contribution in [0.4, 0.5) is 11.4 Å². The summed E-state index contributed by atoms with van der Waals surface area (Å²) in [5.74, 6) is 0. The molecule has 0 aliphatic carbocycles. The van der Waals surface area contributed by atoms with Crippen LogP contribution in [0.1, 0.15) is 23.6 Å². The standard InChI is InChI=1S/C44H35N3/c1-2-40(37-25-13-12-20-34(37)30-33-18-6-3-7-19-33)47(43-31-45(35-21-8-4-9-22-35)41-28-16-14-26-38(41)43)44-32-46(36-23-10-5-11-24-36)42-29-17-15-27-39(42)44/h2-29,31-32H,30H2,1H3/b40-2+. The maximum atomic E-state index is 2.48. The van der Waals surface area contributed by atoms with Crippen LogP contribution in [-0.2, 0) is 6.42 Å². The van der Waals surface area contributed by atoms with Crippen LogP contribution in [0.2, 0.25) is 0 Å². The van der Waals surface area contributed by atoms with Gasteiger partial charge < -0.3 is 14.0 Å². The van der Waals surface area contributed by atoms with E-state index in [-0.39, 0.29) is 0 Å². The molecule has 47 heavy (non-hydrogen) atoms. The zero-order valence-electron chi connectivity index (χ0n) is 26.4. The summed E-state index contributed by atoms with van der Waals surface area (Å²) < 4.78 is 4.63. The first-order chi connectivity index (χ1) is 23.3. The molecule has 8 aromatic rings. The van der Waals surface area contributed by atoms with Gasteiger partial charge in [0, 0.05) is 45.8 Å². The van der Waals surface area contributed by atoms with E-state index in [2.05, 4.69) is 203 Å². The summed E-state index contributed by atoms with van der Waals surface area (Å²) in [4.78, 5) is 2.48. The lowest BCUT2D eigenvalue weighted by Crippen LogP contribution is -2.16. The Labute approximate surface area is 275 Å². The molecule has 0 saturated carbocycles. The maximum absolute atomic E-state index is 2.48.